The molecule has 0 aliphatic carbocycles. The van der Waals surface area contributed by atoms with E-state index in [4.69, 9.17) is 4.74 Å². The summed E-state index contributed by atoms with van der Waals surface area (Å²) in [7, 11) is 4.68. The SMILES string of the molecule is C.COC(=O)c1cc(-c2c(C)cc(C)c(=O)n2C)nn1C. The lowest BCUT2D eigenvalue weighted by atomic mass is 10.1. The second-order valence-electron chi connectivity index (χ2n) is 4.75. The van der Waals surface area contributed by atoms with Crippen LogP contribution in [0.3, 0.4) is 0 Å². The lowest BCUT2D eigenvalue weighted by Gasteiger charge is -2.10. The van der Waals surface area contributed by atoms with Crippen molar-refractivity contribution in [2.24, 2.45) is 14.1 Å². The standard InChI is InChI=1S/C14H17N3O3.CH4/c1-8-6-9(2)13(18)16(3)12(8)10-7-11(14(19)20-5)17(4)15-10;/h6-7H,1-5H3;1H4. The van der Waals surface area contributed by atoms with Gasteiger partial charge in [0.1, 0.15) is 11.4 Å². The Morgan fingerprint density at radius 1 is 1.19 bits per heavy atom. The Morgan fingerprint density at radius 2 is 1.81 bits per heavy atom. The lowest BCUT2D eigenvalue weighted by Crippen LogP contribution is -2.21. The van der Waals surface area contributed by atoms with E-state index in [1.165, 1.54) is 11.8 Å². The molecule has 2 rings (SSSR count). The number of aromatic nitrogens is 3. The summed E-state index contributed by atoms with van der Waals surface area (Å²) >= 11 is 0. The van der Waals surface area contributed by atoms with E-state index in [0.717, 1.165) is 5.56 Å². The number of carbonyl (C=O) groups is 1. The zero-order valence-corrected chi connectivity index (χ0v) is 12.2. The predicted molar refractivity (Wildman–Crippen MR) is 81.4 cm³/mol. The molecule has 0 aliphatic rings. The van der Waals surface area contributed by atoms with Gasteiger partial charge in [0.2, 0.25) is 0 Å². The van der Waals surface area contributed by atoms with Gasteiger partial charge in [0.15, 0.2) is 0 Å². The molecule has 2 aromatic heterocycles. The van der Waals surface area contributed by atoms with Crippen LogP contribution in [0.4, 0.5) is 0 Å². The molecule has 0 spiro atoms. The van der Waals surface area contributed by atoms with Crippen LogP contribution in [0.5, 0.6) is 0 Å². The van der Waals surface area contributed by atoms with Crippen LogP contribution in [0.15, 0.2) is 16.9 Å². The molecule has 0 N–H and O–H groups in total. The van der Waals surface area contributed by atoms with Crippen LogP contribution >= 0.6 is 0 Å². The summed E-state index contributed by atoms with van der Waals surface area (Å²) in [5.74, 6) is -0.457. The number of esters is 1. The lowest BCUT2D eigenvalue weighted by molar-refractivity contribution is 0.0588. The maximum Gasteiger partial charge on any atom is 0.356 e. The summed E-state index contributed by atoms with van der Waals surface area (Å²) in [6.45, 7) is 3.69. The third kappa shape index (κ3) is 2.74. The van der Waals surface area contributed by atoms with E-state index >= 15 is 0 Å². The van der Waals surface area contributed by atoms with Crippen molar-refractivity contribution in [2.75, 3.05) is 7.11 Å². The highest BCUT2D eigenvalue weighted by atomic mass is 16.5. The number of methoxy groups -OCH3 is 1. The van der Waals surface area contributed by atoms with E-state index in [1.54, 1.807) is 31.7 Å². The van der Waals surface area contributed by atoms with Gasteiger partial charge in [0.05, 0.1) is 12.8 Å². The van der Waals surface area contributed by atoms with Gasteiger partial charge in [-0.25, -0.2) is 4.79 Å². The molecule has 0 saturated heterocycles. The van der Waals surface area contributed by atoms with E-state index in [-0.39, 0.29) is 13.0 Å². The monoisotopic (exact) mass is 291 g/mol. The van der Waals surface area contributed by atoms with Crippen molar-refractivity contribution in [3.05, 3.63) is 39.3 Å². The van der Waals surface area contributed by atoms with Crippen molar-refractivity contribution in [2.45, 2.75) is 21.3 Å². The van der Waals surface area contributed by atoms with Crippen molar-refractivity contribution in [1.82, 2.24) is 14.3 Å². The molecule has 0 atom stereocenters. The molecule has 6 nitrogen and oxygen atoms in total. The molecule has 114 valence electrons. The molecule has 0 radical (unpaired) electrons. The molecule has 0 fully saturated rings. The average Bonchev–Trinajstić information content (AvgIpc) is 2.77. The number of nitrogens with zero attached hydrogens (tertiary/aromatic N) is 3. The molecule has 2 heterocycles. The summed E-state index contributed by atoms with van der Waals surface area (Å²) in [5, 5.41) is 4.30. The van der Waals surface area contributed by atoms with Crippen LogP contribution in [-0.4, -0.2) is 27.4 Å². The molecule has 21 heavy (non-hydrogen) atoms. The van der Waals surface area contributed by atoms with Crippen LogP contribution in [0, 0.1) is 13.8 Å². The van der Waals surface area contributed by atoms with Gasteiger partial charge in [-0.2, -0.15) is 5.10 Å². The highest BCUT2D eigenvalue weighted by molar-refractivity contribution is 5.88. The quantitative estimate of drug-likeness (QED) is 0.792. The Hall–Kier alpha value is -2.37. The molecule has 0 unspecified atom stereocenters. The Morgan fingerprint density at radius 3 is 2.38 bits per heavy atom. The van der Waals surface area contributed by atoms with Gasteiger partial charge in [0.25, 0.3) is 5.56 Å². The molecule has 0 amide bonds. The summed E-state index contributed by atoms with van der Waals surface area (Å²) < 4.78 is 7.70. The van der Waals surface area contributed by atoms with Crippen LogP contribution in [-0.2, 0) is 18.8 Å². The number of pyridine rings is 1. The maximum atomic E-state index is 12.0. The smallest absolute Gasteiger partial charge is 0.356 e. The van der Waals surface area contributed by atoms with Crippen molar-refractivity contribution < 1.29 is 9.53 Å². The van der Waals surface area contributed by atoms with Gasteiger partial charge in [-0.1, -0.05) is 7.43 Å². The number of aryl methyl sites for hydroxylation is 3. The van der Waals surface area contributed by atoms with E-state index < -0.39 is 5.97 Å². The molecule has 0 aromatic carbocycles. The first-order valence-corrected chi connectivity index (χ1v) is 6.16. The fraction of sp³-hybridized carbons (Fsp3) is 0.400. The topological polar surface area (TPSA) is 66.1 Å². The Balaban J connectivity index is 0.00000220. The predicted octanol–water partition coefficient (Wildman–Crippen LogP) is 1.83. The van der Waals surface area contributed by atoms with E-state index in [9.17, 15) is 9.59 Å². The minimum atomic E-state index is -0.457. The summed E-state index contributed by atoms with van der Waals surface area (Å²) in [5.41, 5.74) is 3.15. The third-order valence-corrected chi connectivity index (χ3v) is 3.30. The largest absolute Gasteiger partial charge is 0.464 e. The fourth-order valence-corrected chi connectivity index (χ4v) is 2.34. The Kier molecular flexibility index (Phi) is 4.73. The first-order chi connectivity index (χ1) is 9.36. The Labute approximate surface area is 124 Å². The second kappa shape index (κ2) is 5.95. The van der Waals surface area contributed by atoms with Crippen LogP contribution < -0.4 is 5.56 Å². The highest BCUT2D eigenvalue weighted by Gasteiger charge is 2.18. The normalized spacial score (nSPS) is 10.1. The van der Waals surface area contributed by atoms with Gasteiger partial charge >= 0.3 is 5.97 Å². The van der Waals surface area contributed by atoms with Crippen molar-refractivity contribution in [3.8, 4) is 11.4 Å². The number of hydrogen-bond donors (Lipinski definition) is 0. The molecule has 2 aromatic rings. The van der Waals surface area contributed by atoms with Gasteiger partial charge in [-0.3, -0.25) is 9.48 Å². The third-order valence-electron chi connectivity index (χ3n) is 3.30. The highest BCUT2D eigenvalue weighted by Crippen LogP contribution is 2.22. The molecular weight excluding hydrogens is 270 g/mol. The summed E-state index contributed by atoms with van der Waals surface area (Å²) in [4.78, 5) is 23.7. The first kappa shape index (κ1) is 16.7. The van der Waals surface area contributed by atoms with Gasteiger partial charge in [-0.05, 0) is 25.5 Å². The Bertz CT molecular complexity index is 741. The second-order valence-corrected chi connectivity index (χ2v) is 4.75. The van der Waals surface area contributed by atoms with Crippen LogP contribution in [0.1, 0.15) is 29.0 Å². The van der Waals surface area contributed by atoms with E-state index in [2.05, 4.69) is 5.10 Å². The van der Waals surface area contributed by atoms with Gasteiger partial charge in [0, 0.05) is 25.7 Å². The van der Waals surface area contributed by atoms with Crippen molar-refractivity contribution in [3.63, 3.8) is 0 Å². The molecule has 6 heteroatoms. The summed E-state index contributed by atoms with van der Waals surface area (Å²) in [6, 6.07) is 3.45. The van der Waals surface area contributed by atoms with Crippen LogP contribution in [0.2, 0.25) is 0 Å². The van der Waals surface area contributed by atoms with Crippen molar-refractivity contribution >= 4 is 5.97 Å². The zero-order chi connectivity index (χ0) is 15.0. The number of carbonyl (C=O) groups excluding carboxylic acids is 1. The zero-order valence-electron chi connectivity index (χ0n) is 12.2. The minimum Gasteiger partial charge on any atom is -0.464 e. The molecule has 0 saturated carbocycles. The van der Waals surface area contributed by atoms with Gasteiger partial charge in [-0.15, -0.1) is 0 Å². The average molecular weight is 291 g/mol. The van der Waals surface area contributed by atoms with E-state index in [1.807, 2.05) is 13.0 Å². The number of rotatable bonds is 2. The van der Waals surface area contributed by atoms with Gasteiger partial charge < -0.3 is 9.30 Å². The summed E-state index contributed by atoms with van der Waals surface area (Å²) in [6.07, 6.45) is 0. The fourth-order valence-electron chi connectivity index (χ4n) is 2.34. The van der Waals surface area contributed by atoms with Crippen LogP contribution in [0.25, 0.3) is 11.4 Å². The molecular formula is C15H21N3O3. The molecule has 0 bridgehead atoms. The van der Waals surface area contributed by atoms with E-state index in [0.29, 0.717) is 22.6 Å². The minimum absolute atomic E-state index is 0. The first-order valence-electron chi connectivity index (χ1n) is 6.16. The van der Waals surface area contributed by atoms with Crippen molar-refractivity contribution in [1.29, 1.82) is 0 Å². The number of hydrogen-bond acceptors (Lipinski definition) is 4. The number of ether oxygens (including phenoxy) is 1. The molecule has 0 aliphatic heterocycles. The maximum absolute atomic E-state index is 12.0.